The maximum absolute atomic E-state index is 12.6. The molecule has 0 spiro atoms. The third kappa shape index (κ3) is 5.48. The smallest absolute Gasteiger partial charge is 0.343 e. The molecule has 1 heterocycles. The highest BCUT2D eigenvalue weighted by Gasteiger charge is 2.22. The number of nitrogens with one attached hydrogen (secondary N) is 3. The number of amides is 4. The molecule has 8 nitrogen and oxygen atoms in total. The Morgan fingerprint density at radius 2 is 1.83 bits per heavy atom. The first kappa shape index (κ1) is 21.1. The summed E-state index contributed by atoms with van der Waals surface area (Å²) in [5.41, 5.74) is 4.75. The lowest BCUT2D eigenvalue weighted by atomic mass is 10.2. The van der Waals surface area contributed by atoms with Crippen molar-refractivity contribution in [2.45, 2.75) is 13.3 Å². The molecule has 156 valence electrons. The van der Waals surface area contributed by atoms with Crippen LogP contribution in [0, 0.1) is 0 Å². The van der Waals surface area contributed by atoms with Gasteiger partial charge in [0.05, 0.1) is 12.8 Å². The van der Waals surface area contributed by atoms with E-state index in [9.17, 15) is 9.59 Å². The zero-order valence-electron chi connectivity index (χ0n) is 16.7. The summed E-state index contributed by atoms with van der Waals surface area (Å²) in [5.74, 6) is 0.744. The van der Waals surface area contributed by atoms with E-state index in [-0.39, 0.29) is 0 Å². The van der Waals surface area contributed by atoms with Crippen LogP contribution in [0.1, 0.15) is 13.3 Å². The average Bonchev–Trinajstić information content (AvgIpc) is 3.26. The Labute approximate surface area is 178 Å². The predicted octanol–water partition coefficient (Wildman–Crippen LogP) is 4.48. The molecular weight excluding hydrogens is 402 g/mol. The topological polar surface area (TPSA) is 95.6 Å². The molecule has 3 N–H and O–H groups in total. The van der Waals surface area contributed by atoms with Gasteiger partial charge in [0.25, 0.3) is 0 Å². The highest BCUT2D eigenvalue weighted by Crippen LogP contribution is 2.28. The predicted molar refractivity (Wildman–Crippen MR) is 119 cm³/mol. The van der Waals surface area contributed by atoms with Crippen LogP contribution < -0.4 is 25.8 Å². The monoisotopic (exact) mass is 425 g/mol. The van der Waals surface area contributed by atoms with Crippen molar-refractivity contribution in [3.05, 3.63) is 60.0 Å². The van der Waals surface area contributed by atoms with E-state index in [0.717, 1.165) is 22.7 Å². The second-order valence-corrected chi connectivity index (χ2v) is 7.08. The van der Waals surface area contributed by atoms with E-state index in [4.69, 9.17) is 4.74 Å². The summed E-state index contributed by atoms with van der Waals surface area (Å²) in [4.78, 5) is 29.6. The van der Waals surface area contributed by atoms with Crippen LogP contribution in [-0.2, 0) is 0 Å². The summed E-state index contributed by atoms with van der Waals surface area (Å²) in [7, 11) is 1.61. The van der Waals surface area contributed by atoms with Gasteiger partial charge in [-0.05, 0) is 42.8 Å². The number of anilines is 2. The van der Waals surface area contributed by atoms with Gasteiger partial charge in [-0.2, -0.15) is 5.01 Å². The Balaban J connectivity index is 1.78. The van der Waals surface area contributed by atoms with Crippen molar-refractivity contribution < 1.29 is 14.3 Å². The van der Waals surface area contributed by atoms with Crippen LogP contribution in [0.3, 0.4) is 0 Å². The van der Waals surface area contributed by atoms with Gasteiger partial charge >= 0.3 is 12.1 Å². The minimum atomic E-state index is -0.547. The largest absolute Gasteiger partial charge is 0.497 e. The minimum absolute atomic E-state index is 0.345. The number of methoxy groups -OCH3 is 1. The average molecular weight is 426 g/mol. The van der Waals surface area contributed by atoms with Crippen molar-refractivity contribution in [3.63, 3.8) is 0 Å². The molecule has 0 bridgehead atoms. The number of para-hydroxylation sites is 1. The highest BCUT2D eigenvalue weighted by molar-refractivity contribution is 7.14. The normalized spacial score (nSPS) is 10.2. The van der Waals surface area contributed by atoms with Gasteiger partial charge in [0.1, 0.15) is 5.75 Å². The van der Waals surface area contributed by atoms with Gasteiger partial charge < -0.3 is 15.4 Å². The maximum atomic E-state index is 12.6. The van der Waals surface area contributed by atoms with E-state index >= 15 is 0 Å². The zero-order valence-corrected chi connectivity index (χ0v) is 17.5. The summed E-state index contributed by atoms with van der Waals surface area (Å²) < 4.78 is 5.18. The third-order valence-electron chi connectivity index (χ3n) is 4.04. The summed E-state index contributed by atoms with van der Waals surface area (Å²) in [6.07, 6.45) is 0.769. The minimum Gasteiger partial charge on any atom is -0.497 e. The lowest BCUT2D eigenvalue weighted by Crippen LogP contribution is -2.52. The Bertz CT molecular complexity index is 976. The second kappa shape index (κ2) is 10.3. The fourth-order valence-electron chi connectivity index (χ4n) is 2.54. The van der Waals surface area contributed by atoms with E-state index in [1.165, 1.54) is 11.3 Å². The molecule has 0 unspecified atom stereocenters. The lowest BCUT2D eigenvalue weighted by Gasteiger charge is -2.21. The fourth-order valence-corrected chi connectivity index (χ4v) is 3.33. The third-order valence-corrected chi connectivity index (χ3v) is 4.87. The summed E-state index contributed by atoms with van der Waals surface area (Å²) in [6, 6.07) is 15.4. The molecule has 0 aliphatic rings. The Hall–Kier alpha value is -3.59. The Morgan fingerprint density at radius 3 is 2.50 bits per heavy atom. The molecule has 9 heteroatoms. The van der Waals surface area contributed by atoms with E-state index in [1.54, 1.807) is 19.2 Å². The van der Waals surface area contributed by atoms with E-state index in [2.05, 4.69) is 21.0 Å². The van der Waals surface area contributed by atoms with Crippen molar-refractivity contribution in [3.8, 4) is 17.0 Å². The van der Waals surface area contributed by atoms with Gasteiger partial charge in [-0.1, -0.05) is 25.1 Å². The molecule has 0 atom stereocenters. The first-order valence-corrected chi connectivity index (χ1v) is 10.3. The lowest BCUT2D eigenvalue weighted by molar-refractivity contribution is 0.237. The Kier molecular flexibility index (Phi) is 7.23. The quantitative estimate of drug-likeness (QED) is 0.507. The van der Waals surface area contributed by atoms with E-state index < -0.39 is 12.1 Å². The summed E-state index contributed by atoms with van der Waals surface area (Å²) in [6.45, 7) is 2.43. The second-order valence-electron chi connectivity index (χ2n) is 6.24. The molecule has 30 heavy (non-hydrogen) atoms. The molecule has 1 aromatic heterocycles. The number of hydrogen-bond acceptors (Lipinski definition) is 5. The van der Waals surface area contributed by atoms with Crippen molar-refractivity contribution in [1.82, 2.24) is 15.7 Å². The SMILES string of the molecule is CCCNC(=O)N(NC(=O)Nc1ccccc1)c1nc(-c2ccc(OC)cc2)cs1. The molecule has 0 saturated carbocycles. The van der Waals surface area contributed by atoms with Gasteiger partial charge in [-0.25, -0.2) is 20.0 Å². The van der Waals surface area contributed by atoms with Gasteiger partial charge in [0.2, 0.25) is 5.13 Å². The van der Waals surface area contributed by atoms with Crippen molar-refractivity contribution in [1.29, 1.82) is 0 Å². The number of hydrogen-bond donors (Lipinski definition) is 3. The number of carbonyl (C=O) groups excluding carboxylic acids is 2. The zero-order chi connectivity index (χ0) is 21.3. The number of thiazole rings is 1. The molecular formula is C21H23N5O3S. The molecule has 2 aromatic carbocycles. The molecule has 3 rings (SSSR count). The number of ether oxygens (including phenoxy) is 1. The van der Waals surface area contributed by atoms with Crippen LogP contribution in [0.4, 0.5) is 20.4 Å². The van der Waals surface area contributed by atoms with E-state index in [1.807, 2.05) is 54.8 Å². The molecule has 0 saturated heterocycles. The number of nitrogens with zero attached hydrogens (tertiary/aromatic N) is 2. The number of benzene rings is 2. The van der Waals surface area contributed by atoms with Gasteiger partial charge in [-0.3, -0.25) is 0 Å². The molecule has 0 fully saturated rings. The van der Waals surface area contributed by atoms with E-state index in [0.29, 0.717) is 23.1 Å². The Morgan fingerprint density at radius 1 is 1.10 bits per heavy atom. The van der Waals surface area contributed by atoms with Crippen molar-refractivity contribution in [2.24, 2.45) is 0 Å². The van der Waals surface area contributed by atoms with Crippen molar-refractivity contribution >= 4 is 34.2 Å². The molecule has 0 radical (unpaired) electrons. The highest BCUT2D eigenvalue weighted by atomic mass is 32.1. The molecule has 0 aliphatic heterocycles. The van der Waals surface area contributed by atoms with Gasteiger partial charge in [0, 0.05) is 23.2 Å². The number of urea groups is 2. The van der Waals surface area contributed by atoms with Crippen LogP contribution in [0.15, 0.2) is 60.0 Å². The molecule has 0 aliphatic carbocycles. The standard InChI is InChI=1S/C21H23N5O3S/c1-3-13-22-20(28)26(25-19(27)23-16-7-5-4-6-8-16)21-24-18(14-30-21)15-9-11-17(29-2)12-10-15/h4-12,14H,3,13H2,1-2H3,(H,22,28)(H2,23,25,27). The van der Waals surface area contributed by atoms with Crippen LogP contribution in [0.5, 0.6) is 5.75 Å². The van der Waals surface area contributed by atoms with Crippen LogP contribution in [0.25, 0.3) is 11.3 Å². The first-order valence-electron chi connectivity index (χ1n) is 9.41. The summed E-state index contributed by atoms with van der Waals surface area (Å²) >= 11 is 1.25. The number of aromatic nitrogens is 1. The fraction of sp³-hybridized carbons (Fsp3) is 0.190. The number of rotatable bonds is 6. The van der Waals surface area contributed by atoms with Crippen LogP contribution in [0.2, 0.25) is 0 Å². The van der Waals surface area contributed by atoms with Gasteiger partial charge in [-0.15, -0.1) is 11.3 Å². The van der Waals surface area contributed by atoms with Crippen LogP contribution >= 0.6 is 11.3 Å². The number of carbonyl (C=O) groups is 2. The number of hydrazine groups is 1. The van der Waals surface area contributed by atoms with Crippen molar-refractivity contribution in [2.75, 3.05) is 24.0 Å². The molecule has 3 aromatic rings. The summed E-state index contributed by atoms with van der Waals surface area (Å²) in [5, 5.41) is 8.74. The first-order chi connectivity index (χ1) is 14.6. The van der Waals surface area contributed by atoms with Gasteiger partial charge in [0.15, 0.2) is 0 Å². The molecule has 4 amide bonds. The maximum Gasteiger partial charge on any atom is 0.343 e. The van der Waals surface area contributed by atoms with Crippen LogP contribution in [-0.4, -0.2) is 30.7 Å².